The van der Waals surface area contributed by atoms with Crippen molar-refractivity contribution in [3.8, 4) is 0 Å². The molecule has 0 aliphatic carbocycles. The van der Waals surface area contributed by atoms with Crippen LogP contribution in [-0.4, -0.2) is 75.5 Å². The van der Waals surface area contributed by atoms with Crippen molar-refractivity contribution < 1.29 is 57.2 Å². The number of unbranched alkanes of at least 4 members (excludes halogenated alkanes) is 4. The fraction of sp³-hybridized carbons (Fsp3) is 0.526. The molecule has 288 valence electrons. The van der Waals surface area contributed by atoms with Gasteiger partial charge in [-0.3, -0.25) is 0 Å². The molecule has 0 saturated heterocycles. The van der Waals surface area contributed by atoms with Crippen LogP contribution in [0.25, 0.3) is 0 Å². The highest BCUT2D eigenvalue weighted by Crippen LogP contribution is 1.90. The van der Waals surface area contributed by atoms with E-state index in [0.717, 1.165) is 63.5 Å². The second-order valence-electron chi connectivity index (χ2n) is 8.81. The van der Waals surface area contributed by atoms with E-state index in [9.17, 15) is 28.8 Å². The summed E-state index contributed by atoms with van der Waals surface area (Å²) in [5.41, 5.74) is 0. The number of rotatable bonds is 20. The monoisotopic (exact) mass is 712 g/mol. The largest absolute Gasteiger partial charge is 0.463 e. The molecule has 0 unspecified atom stereocenters. The van der Waals surface area contributed by atoms with Crippen molar-refractivity contribution in [1.29, 1.82) is 0 Å². The Kier molecular flexibility index (Phi) is 61.8. The van der Waals surface area contributed by atoms with Gasteiger partial charge in [0.2, 0.25) is 0 Å². The van der Waals surface area contributed by atoms with E-state index >= 15 is 0 Å². The van der Waals surface area contributed by atoms with Gasteiger partial charge in [0.15, 0.2) is 0 Å². The van der Waals surface area contributed by atoms with Gasteiger partial charge >= 0.3 is 35.8 Å². The molecule has 0 heterocycles. The summed E-state index contributed by atoms with van der Waals surface area (Å²) in [4.78, 5) is 61.5. The van der Waals surface area contributed by atoms with Gasteiger partial charge in [0.05, 0.1) is 39.6 Å². The predicted octanol–water partition coefficient (Wildman–Crippen LogP) is 7.53. The fourth-order valence-corrected chi connectivity index (χ4v) is 1.91. The molecule has 12 nitrogen and oxygen atoms in total. The van der Waals surface area contributed by atoms with Crippen LogP contribution in [0.1, 0.15) is 92.9 Å². The lowest BCUT2D eigenvalue weighted by atomic mass is 10.4. The average Bonchev–Trinajstić information content (AvgIpc) is 3.13. The van der Waals surface area contributed by atoms with Gasteiger partial charge < -0.3 is 28.4 Å². The zero-order chi connectivity index (χ0) is 39.8. The summed E-state index contributed by atoms with van der Waals surface area (Å²) < 4.78 is 27.6. The van der Waals surface area contributed by atoms with Gasteiger partial charge in [-0.1, -0.05) is 92.9 Å². The molecule has 0 bridgehead atoms. The molecule has 0 N–H and O–H groups in total. The van der Waals surface area contributed by atoms with Crippen molar-refractivity contribution >= 4 is 35.8 Å². The predicted molar refractivity (Wildman–Crippen MR) is 198 cm³/mol. The van der Waals surface area contributed by atoms with Crippen molar-refractivity contribution in [2.24, 2.45) is 0 Å². The standard InChI is InChI=1S/4C7H12O2.2C5H8O2/c4*1-3-5-6-9-7(8)4-2;2*1-3-5(6)7-4-2/h4*4H,2-3,5-6H2,1H3;2*3H,1,4H2,2H3. The van der Waals surface area contributed by atoms with Crippen LogP contribution in [-0.2, 0) is 57.2 Å². The number of ether oxygens (including phenoxy) is 6. The number of hydrogen-bond donors (Lipinski definition) is 0. The molecule has 0 aliphatic heterocycles. The van der Waals surface area contributed by atoms with Crippen LogP contribution in [0, 0.1) is 0 Å². The van der Waals surface area contributed by atoms with Gasteiger partial charge in [0.1, 0.15) is 0 Å². The lowest BCUT2D eigenvalue weighted by molar-refractivity contribution is -0.138. The normalized spacial score (nSPS) is 8.28. The fourth-order valence-electron chi connectivity index (χ4n) is 1.91. The van der Waals surface area contributed by atoms with Gasteiger partial charge in [-0.15, -0.1) is 0 Å². The number of carbonyl (C=O) groups excluding carboxylic acids is 6. The molecule has 0 radical (unpaired) electrons. The molecule has 0 fully saturated rings. The summed E-state index contributed by atoms with van der Waals surface area (Å²) in [5, 5.41) is 0. The van der Waals surface area contributed by atoms with Crippen LogP contribution < -0.4 is 0 Å². The van der Waals surface area contributed by atoms with Crippen molar-refractivity contribution in [3.63, 3.8) is 0 Å². The first-order chi connectivity index (χ1) is 23.8. The number of esters is 6. The Labute approximate surface area is 301 Å². The maximum Gasteiger partial charge on any atom is 0.330 e. The summed E-state index contributed by atoms with van der Waals surface area (Å²) in [5.74, 6) is -2.04. The molecule has 0 aromatic heterocycles. The SMILES string of the molecule is C=CC(=O)OCC.C=CC(=O)OCC.C=CC(=O)OCCCC.C=CC(=O)OCCCC.C=CC(=O)OCCCC.C=CC(=O)OCCCC. The minimum atomic E-state index is -0.359. The summed E-state index contributed by atoms with van der Waals surface area (Å²) in [6.45, 7) is 34.0. The van der Waals surface area contributed by atoms with E-state index in [2.05, 4.69) is 67.9 Å². The topological polar surface area (TPSA) is 158 Å². The van der Waals surface area contributed by atoms with Crippen molar-refractivity contribution in [3.05, 3.63) is 75.9 Å². The van der Waals surface area contributed by atoms with Crippen LogP contribution in [0.4, 0.5) is 0 Å². The van der Waals surface area contributed by atoms with Crippen LogP contribution in [0.2, 0.25) is 0 Å². The smallest absolute Gasteiger partial charge is 0.330 e. The van der Waals surface area contributed by atoms with E-state index in [1.165, 1.54) is 24.3 Å². The highest BCUT2D eigenvalue weighted by atomic mass is 16.5. The Morgan fingerprint density at radius 1 is 0.340 bits per heavy atom. The van der Waals surface area contributed by atoms with Gasteiger partial charge in [0, 0.05) is 36.5 Å². The second-order valence-corrected chi connectivity index (χ2v) is 8.81. The molecule has 0 aliphatic rings. The van der Waals surface area contributed by atoms with Gasteiger partial charge in [-0.25, -0.2) is 28.8 Å². The quantitative estimate of drug-likeness (QED) is 0.0529. The lowest BCUT2D eigenvalue weighted by Gasteiger charge is -1.97. The first-order valence-corrected chi connectivity index (χ1v) is 16.6. The molecule has 0 spiro atoms. The van der Waals surface area contributed by atoms with Crippen LogP contribution in [0.15, 0.2) is 75.9 Å². The molecule has 50 heavy (non-hydrogen) atoms. The molecule has 0 saturated carbocycles. The third-order valence-electron chi connectivity index (χ3n) is 4.54. The maximum absolute atomic E-state index is 10.3. The average molecular weight is 713 g/mol. The lowest BCUT2D eigenvalue weighted by Crippen LogP contribution is -2.00. The van der Waals surface area contributed by atoms with Gasteiger partial charge in [-0.05, 0) is 39.5 Å². The molecular weight excluding hydrogens is 648 g/mol. The highest BCUT2D eigenvalue weighted by Gasteiger charge is 1.94. The molecule has 0 rings (SSSR count). The first-order valence-electron chi connectivity index (χ1n) is 16.6. The zero-order valence-corrected chi connectivity index (χ0v) is 31.5. The molecular formula is C38H64O12. The Hall–Kier alpha value is -4.74. The summed E-state index contributed by atoms with van der Waals surface area (Å²) >= 11 is 0. The summed E-state index contributed by atoms with van der Waals surface area (Å²) in [6.07, 6.45) is 14.9. The number of carbonyl (C=O) groups is 6. The summed E-state index contributed by atoms with van der Waals surface area (Å²) in [6, 6.07) is 0. The van der Waals surface area contributed by atoms with Crippen molar-refractivity contribution in [1.82, 2.24) is 0 Å². The Morgan fingerprint density at radius 2 is 0.500 bits per heavy atom. The minimum absolute atomic E-state index is 0.330. The van der Waals surface area contributed by atoms with Crippen LogP contribution in [0.5, 0.6) is 0 Å². The van der Waals surface area contributed by atoms with E-state index in [-0.39, 0.29) is 35.8 Å². The molecule has 0 aromatic carbocycles. The Balaban J connectivity index is -0.000000117. The number of hydrogen-bond acceptors (Lipinski definition) is 12. The Bertz CT molecular complexity index is 797. The van der Waals surface area contributed by atoms with Crippen LogP contribution >= 0.6 is 0 Å². The van der Waals surface area contributed by atoms with Crippen molar-refractivity contribution in [2.75, 3.05) is 39.6 Å². The van der Waals surface area contributed by atoms with E-state index in [1.54, 1.807) is 13.8 Å². The third-order valence-corrected chi connectivity index (χ3v) is 4.54. The third kappa shape index (κ3) is 69.8. The highest BCUT2D eigenvalue weighted by molar-refractivity contribution is 5.82. The second kappa shape index (κ2) is 53.7. The van der Waals surface area contributed by atoms with E-state index in [0.29, 0.717) is 39.6 Å². The maximum atomic E-state index is 10.3. The Morgan fingerprint density at radius 3 is 0.600 bits per heavy atom. The molecule has 12 heteroatoms. The first kappa shape index (κ1) is 57.5. The summed E-state index contributed by atoms with van der Waals surface area (Å²) in [7, 11) is 0. The minimum Gasteiger partial charge on any atom is -0.463 e. The van der Waals surface area contributed by atoms with Crippen LogP contribution in [0.3, 0.4) is 0 Å². The zero-order valence-electron chi connectivity index (χ0n) is 31.5. The van der Waals surface area contributed by atoms with E-state index in [1.807, 2.05) is 27.7 Å². The molecule has 0 atom stereocenters. The molecule has 0 aromatic rings. The van der Waals surface area contributed by atoms with Gasteiger partial charge in [0.25, 0.3) is 0 Å². The van der Waals surface area contributed by atoms with E-state index in [4.69, 9.17) is 0 Å². The van der Waals surface area contributed by atoms with Crippen molar-refractivity contribution in [2.45, 2.75) is 92.9 Å². The molecule has 0 amide bonds. The van der Waals surface area contributed by atoms with Gasteiger partial charge in [-0.2, -0.15) is 0 Å². The van der Waals surface area contributed by atoms with E-state index < -0.39 is 0 Å².